The van der Waals surface area contributed by atoms with E-state index in [1.165, 1.54) is 11.1 Å². The van der Waals surface area contributed by atoms with Crippen LogP contribution in [-0.2, 0) is 6.54 Å². The van der Waals surface area contributed by atoms with Crippen LogP contribution >= 0.6 is 12.8 Å². The van der Waals surface area contributed by atoms with Crippen molar-refractivity contribution in [2.24, 2.45) is 0 Å². The first-order valence-electron chi connectivity index (χ1n) is 3.75. The van der Waals surface area contributed by atoms with Gasteiger partial charge in [-0.25, -0.2) is 0 Å². The number of aryl methyl sites for hydroxylation is 1. The van der Waals surface area contributed by atoms with Crippen LogP contribution < -0.4 is 4.72 Å². The van der Waals surface area contributed by atoms with E-state index in [0.29, 0.717) is 0 Å². The zero-order chi connectivity index (χ0) is 9.40. The van der Waals surface area contributed by atoms with Crippen LogP contribution in [-0.4, -0.2) is 0 Å². The maximum Gasteiger partial charge on any atom is 0.0307 e. The summed E-state index contributed by atoms with van der Waals surface area (Å²) in [5.41, 5.74) is 2.56. The van der Waals surface area contributed by atoms with Gasteiger partial charge in [0.25, 0.3) is 0 Å². The summed E-state index contributed by atoms with van der Waals surface area (Å²) < 4.78 is 2.80. The Balaban J connectivity index is 0.000000561. The van der Waals surface area contributed by atoms with Gasteiger partial charge in [0.05, 0.1) is 0 Å². The molecule has 12 heavy (non-hydrogen) atoms. The molecule has 0 radical (unpaired) electrons. The minimum Gasteiger partial charge on any atom is -0.262 e. The van der Waals surface area contributed by atoms with E-state index < -0.39 is 0 Å². The molecule has 0 amide bonds. The fraction of sp³-hybridized carbons (Fsp3) is 0.200. The Bertz CT molecular complexity index is 206. The van der Waals surface area contributed by atoms with Crippen molar-refractivity contribution in [2.45, 2.75) is 13.5 Å². The lowest BCUT2D eigenvalue weighted by atomic mass is 10.2. The van der Waals surface area contributed by atoms with E-state index in [1.54, 1.807) is 0 Å². The Kier molecular flexibility index (Phi) is 6.53. The Morgan fingerprint density at radius 1 is 1.25 bits per heavy atom. The maximum atomic E-state index is 3.91. The molecule has 0 unspecified atom stereocenters. The second kappa shape index (κ2) is 6.95. The fourth-order valence-corrected chi connectivity index (χ4v) is 0.980. The van der Waals surface area contributed by atoms with E-state index in [0.717, 1.165) is 6.54 Å². The molecule has 1 aromatic rings. The van der Waals surface area contributed by atoms with Gasteiger partial charge in [-0.3, -0.25) is 4.72 Å². The highest BCUT2D eigenvalue weighted by atomic mass is 32.1. The summed E-state index contributed by atoms with van der Waals surface area (Å²) in [4.78, 5) is 0. The van der Waals surface area contributed by atoms with Gasteiger partial charge in [0.15, 0.2) is 0 Å². The SMILES string of the molecule is C=C.Cc1ccc(CNS)cc1. The van der Waals surface area contributed by atoms with Crippen LogP contribution in [0.3, 0.4) is 0 Å². The van der Waals surface area contributed by atoms with E-state index in [1.807, 2.05) is 0 Å². The predicted molar refractivity (Wildman–Crippen MR) is 58.3 cm³/mol. The topological polar surface area (TPSA) is 12.0 Å². The van der Waals surface area contributed by atoms with Crippen LogP contribution in [0.25, 0.3) is 0 Å². The molecule has 0 spiro atoms. The smallest absolute Gasteiger partial charge is 0.0307 e. The third-order valence-corrected chi connectivity index (χ3v) is 1.56. The molecule has 0 saturated carbocycles. The Morgan fingerprint density at radius 3 is 2.17 bits per heavy atom. The Labute approximate surface area is 80.0 Å². The molecule has 0 fully saturated rings. The van der Waals surface area contributed by atoms with Crippen molar-refractivity contribution in [1.29, 1.82) is 0 Å². The highest BCUT2D eigenvalue weighted by Gasteiger charge is 1.87. The number of hydrogen-bond acceptors (Lipinski definition) is 2. The van der Waals surface area contributed by atoms with E-state index >= 15 is 0 Å². The lowest BCUT2D eigenvalue weighted by Gasteiger charge is -1.98. The van der Waals surface area contributed by atoms with Crippen LogP contribution in [0.2, 0.25) is 0 Å². The number of nitrogens with one attached hydrogen (secondary N) is 1. The van der Waals surface area contributed by atoms with Crippen LogP contribution in [0.15, 0.2) is 37.4 Å². The Hall–Kier alpha value is -0.730. The van der Waals surface area contributed by atoms with E-state index in [4.69, 9.17) is 0 Å². The molecule has 0 saturated heterocycles. The molecule has 0 aliphatic heterocycles. The molecule has 1 rings (SSSR count). The molecule has 0 heterocycles. The number of hydrogen-bond donors (Lipinski definition) is 2. The van der Waals surface area contributed by atoms with Gasteiger partial charge in [0.1, 0.15) is 0 Å². The maximum absolute atomic E-state index is 3.91. The van der Waals surface area contributed by atoms with Gasteiger partial charge in [-0.15, -0.1) is 13.2 Å². The lowest BCUT2D eigenvalue weighted by Crippen LogP contribution is -1.97. The standard InChI is InChI=1S/C8H11NS.C2H4/c1-7-2-4-8(5-3-7)6-9-10;1-2/h2-5,9-10H,6H2,1H3;1-2H2. The highest BCUT2D eigenvalue weighted by Crippen LogP contribution is 2.02. The minimum atomic E-state index is 0.823. The molecular weight excluding hydrogens is 166 g/mol. The van der Waals surface area contributed by atoms with Gasteiger partial charge in [0, 0.05) is 6.54 Å². The van der Waals surface area contributed by atoms with Crippen molar-refractivity contribution in [1.82, 2.24) is 4.72 Å². The molecule has 0 aliphatic carbocycles. The van der Waals surface area contributed by atoms with Gasteiger partial charge >= 0.3 is 0 Å². The second-order valence-electron chi connectivity index (χ2n) is 2.32. The van der Waals surface area contributed by atoms with Crippen LogP contribution in [0.4, 0.5) is 0 Å². The van der Waals surface area contributed by atoms with Crippen molar-refractivity contribution < 1.29 is 0 Å². The highest BCUT2D eigenvalue weighted by molar-refractivity contribution is 7.78. The second-order valence-corrected chi connectivity index (χ2v) is 2.64. The monoisotopic (exact) mass is 181 g/mol. The van der Waals surface area contributed by atoms with Gasteiger partial charge in [-0.05, 0) is 12.5 Å². The van der Waals surface area contributed by atoms with Crippen molar-refractivity contribution in [3.05, 3.63) is 48.6 Å². The van der Waals surface area contributed by atoms with Gasteiger partial charge < -0.3 is 0 Å². The van der Waals surface area contributed by atoms with Crippen molar-refractivity contribution in [3.8, 4) is 0 Å². The summed E-state index contributed by atoms with van der Waals surface area (Å²) in [5, 5.41) is 0. The van der Waals surface area contributed by atoms with Crippen molar-refractivity contribution in [2.75, 3.05) is 0 Å². The molecule has 0 aromatic heterocycles. The average molecular weight is 181 g/mol. The predicted octanol–water partition coefficient (Wildman–Crippen LogP) is 2.73. The van der Waals surface area contributed by atoms with E-state index in [2.05, 4.69) is 61.9 Å². The first kappa shape index (κ1) is 11.3. The Morgan fingerprint density at radius 2 is 1.75 bits per heavy atom. The molecular formula is C10H15NS. The molecule has 1 nitrogen and oxygen atoms in total. The molecule has 1 N–H and O–H groups in total. The zero-order valence-electron chi connectivity index (χ0n) is 7.38. The molecule has 0 bridgehead atoms. The first-order valence-corrected chi connectivity index (χ1v) is 4.20. The zero-order valence-corrected chi connectivity index (χ0v) is 8.27. The third-order valence-electron chi connectivity index (χ3n) is 1.40. The van der Waals surface area contributed by atoms with Crippen LogP contribution in [0, 0.1) is 6.92 Å². The summed E-state index contributed by atoms with van der Waals surface area (Å²) in [6.45, 7) is 8.90. The van der Waals surface area contributed by atoms with Crippen molar-refractivity contribution in [3.63, 3.8) is 0 Å². The molecule has 66 valence electrons. The van der Waals surface area contributed by atoms with Crippen LogP contribution in [0.5, 0.6) is 0 Å². The van der Waals surface area contributed by atoms with E-state index in [-0.39, 0.29) is 0 Å². The number of rotatable bonds is 2. The van der Waals surface area contributed by atoms with Crippen molar-refractivity contribution >= 4 is 12.8 Å². The normalized spacial score (nSPS) is 8.50. The lowest BCUT2D eigenvalue weighted by molar-refractivity contribution is 0.984. The van der Waals surface area contributed by atoms with E-state index in [9.17, 15) is 0 Å². The first-order chi connectivity index (χ1) is 5.83. The third kappa shape index (κ3) is 4.21. The molecule has 2 heteroatoms. The van der Waals surface area contributed by atoms with Gasteiger partial charge in [0.2, 0.25) is 0 Å². The summed E-state index contributed by atoms with van der Waals surface area (Å²) in [6.07, 6.45) is 0. The minimum absolute atomic E-state index is 0.823. The summed E-state index contributed by atoms with van der Waals surface area (Å²) >= 11 is 3.91. The molecule has 0 aliphatic rings. The molecule has 1 aromatic carbocycles. The number of benzene rings is 1. The largest absolute Gasteiger partial charge is 0.262 e. The average Bonchev–Trinajstić information content (AvgIpc) is 2.13. The van der Waals surface area contributed by atoms with Gasteiger partial charge in [-0.1, -0.05) is 42.6 Å². The summed E-state index contributed by atoms with van der Waals surface area (Å²) in [6, 6.07) is 8.39. The number of thiol groups is 1. The quantitative estimate of drug-likeness (QED) is 0.528. The molecule has 0 atom stereocenters. The van der Waals surface area contributed by atoms with Gasteiger partial charge in [-0.2, -0.15) is 0 Å². The fourth-order valence-electron chi connectivity index (χ4n) is 0.797. The summed E-state index contributed by atoms with van der Waals surface area (Å²) in [5.74, 6) is 0. The van der Waals surface area contributed by atoms with Crippen LogP contribution in [0.1, 0.15) is 11.1 Å². The summed E-state index contributed by atoms with van der Waals surface area (Å²) in [7, 11) is 0.